The third-order valence-electron chi connectivity index (χ3n) is 4.35. The van der Waals surface area contributed by atoms with Gasteiger partial charge in [0.1, 0.15) is 0 Å². The third kappa shape index (κ3) is 5.91. The van der Waals surface area contributed by atoms with Gasteiger partial charge in [0.15, 0.2) is 0 Å². The number of rotatable bonds is 8. The van der Waals surface area contributed by atoms with E-state index in [-0.39, 0.29) is 16.8 Å². The molecule has 0 unspecified atom stereocenters. The molecule has 142 valence electrons. The highest BCUT2D eigenvalue weighted by atomic mass is 32.2. The first-order chi connectivity index (χ1) is 12.5. The first kappa shape index (κ1) is 19.0. The first-order valence-electron chi connectivity index (χ1n) is 8.91. The number of nitrogens with zero attached hydrogens (tertiary/aromatic N) is 1. The zero-order valence-electron chi connectivity index (χ0n) is 14.7. The predicted octanol–water partition coefficient (Wildman–Crippen LogP) is 0.589. The molecule has 2 N–H and O–H groups in total. The fourth-order valence-corrected chi connectivity index (χ4v) is 3.94. The number of nitrogens with one attached hydrogen (secondary N) is 2. The Balaban J connectivity index is 1.44. The standard InChI is InChI=1S/C18H25N3O4S/c22-18(19-9-10-21-11-13-25-14-12-21)8-3-15-1-6-17(7-2-15)26(23,24)20-16-4-5-16/h1-3,6-8,16,20H,4-5,9-14H2,(H,19,22)/b8-3+. The molecule has 0 spiro atoms. The van der Waals surface area contributed by atoms with Gasteiger partial charge in [-0.05, 0) is 36.6 Å². The van der Waals surface area contributed by atoms with E-state index in [2.05, 4.69) is 14.9 Å². The number of ether oxygens (including phenoxy) is 1. The predicted molar refractivity (Wildman–Crippen MR) is 99.1 cm³/mol. The number of morpholine rings is 1. The molecule has 1 amide bonds. The number of hydrogen-bond donors (Lipinski definition) is 2. The molecule has 0 radical (unpaired) electrons. The molecule has 1 saturated heterocycles. The lowest BCUT2D eigenvalue weighted by Crippen LogP contribution is -2.41. The Morgan fingerprint density at radius 1 is 1.19 bits per heavy atom. The lowest BCUT2D eigenvalue weighted by Gasteiger charge is -2.26. The Morgan fingerprint density at radius 2 is 1.88 bits per heavy atom. The van der Waals surface area contributed by atoms with Crippen molar-refractivity contribution in [3.05, 3.63) is 35.9 Å². The minimum Gasteiger partial charge on any atom is -0.379 e. The van der Waals surface area contributed by atoms with Crippen molar-refractivity contribution in [2.75, 3.05) is 39.4 Å². The summed E-state index contributed by atoms with van der Waals surface area (Å²) in [5.74, 6) is -0.162. The molecule has 2 fully saturated rings. The number of sulfonamides is 1. The van der Waals surface area contributed by atoms with Crippen LogP contribution in [0, 0.1) is 0 Å². The Morgan fingerprint density at radius 3 is 2.54 bits per heavy atom. The molecule has 2 aliphatic rings. The lowest BCUT2D eigenvalue weighted by atomic mass is 10.2. The maximum Gasteiger partial charge on any atom is 0.244 e. The number of carbonyl (C=O) groups excluding carboxylic acids is 1. The maximum absolute atomic E-state index is 12.1. The molecule has 7 nitrogen and oxygen atoms in total. The van der Waals surface area contributed by atoms with Crippen LogP contribution in [0.15, 0.2) is 35.2 Å². The minimum atomic E-state index is -3.43. The van der Waals surface area contributed by atoms with Crippen LogP contribution >= 0.6 is 0 Å². The van der Waals surface area contributed by atoms with Gasteiger partial charge in [-0.2, -0.15) is 0 Å². The summed E-state index contributed by atoms with van der Waals surface area (Å²) in [6, 6.07) is 6.58. The van der Waals surface area contributed by atoms with Crippen molar-refractivity contribution >= 4 is 22.0 Å². The fourth-order valence-electron chi connectivity index (χ4n) is 2.64. The van der Waals surface area contributed by atoms with Gasteiger partial charge in [-0.3, -0.25) is 9.69 Å². The molecule has 1 heterocycles. The van der Waals surface area contributed by atoms with Crippen molar-refractivity contribution in [1.29, 1.82) is 0 Å². The van der Waals surface area contributed by atoms with Crippen LogP contribution in [0.1, 0.15) is 18.4 Å². The molecule has 26 heavy (non-hydrogen) atoms. The van der Waals surface area contributed by atoms with Gasteiger partial charge < -0.3 is 10.1 Å². The molecule has 1 aromatic carbocycles. The Kier molecular flexibility index (Phi) is 6.42. The molecule has 3 rings (SSSR count). The van der Waals surface area contributed by atoms with Gasteiger partial charge in [0, 0.05) is 38.3 Å². The Hall–Kier alpha value is -1.74. The van der Waals surface area contributed by atoms with Gasteiger partial charge in [0.05, 0.1) is 18.1 Å². The fraction of sp³-hybridized carbons (Fsp3) is 0.500. The van der Waals surface area contributed by atoms with Crippen molar-refractivity contribution in [2.45, 2.75) is 23.8 Å². The van der Waals surface area contributed by atoms with Crippen LogP contribution in [-0.2, 0) is 19.6 Å². The average molecular weight is 379 g/mol. The van der Waals surface area contributed by atoms with Crippen LogP contribution in [-0.4, -0.2) is 64.7 Å². The second kappa shape index (κ2) is 8.77. The average Bonchev–Trinajstić information content (AvgIpc) is 3.44. The summed E-state index contributed by atoms with van der Waals surface area (Å²) in [6.45, 7) is 4.69. The van der Waals surface area contributed by atoms with Crippen molar-refractivity contribution in [3.63, 3.8) is 0 Å². The van der Waals surface area contributed by atoms with E-state index in [4.69, 9.17) is 4.74 Å². The van der Waals surface area contributed by atoms with E-state index in [1.807, 2.05) is 0 Å². The SMILES string of the molecule is O=C(/C=C/c1ccc(S(=O)(=O)NC2CC2)cc1)NCCN1CCOCC1. The summed E-state index contributed by atoms with van der Waals surface area (Å²) in [6.07, 6.45) is 4.95. The van der Waals surface area contributed by atoms with Crippen LogP contribution in [0.3, 0.4) is 0 Å². The first-order valence-corrected chi connectivity index (χ1v) is 10.4. The largest absolute Gasteiger partial charge is 0.379 e. The summed E-state index contributed by atoms with van der Waals surface area (Å²) >= 11 is 0. The second-order valence-corrected chi connectivity index (χ2v) is 8.26. The number of carbonyl (C=O) groups is 1. The summed E-state index contributed by atoms with van der Waals surface area (Å²) in [5, 5.41) is 2.85. The molecule has 1 saturated carbocycles. The van der Waals surface area contributed by atoms with E-state index < -0.39 is 10.0 Å². The summed E-state index contributed by atoms with van der Waals surface area (Å²) < 4.78 is 32.1. The zero-order valence-corrected chi connectivity index (χ0v) is 15.5. The van der Waals surface area contributed by atoms with Crippen LogP contribution in [0.25, 0.3) is 6.08 Å². The number of amides is 1. The van der Waals surface area contributed by atoms with Crippen molar-refractivity contribution in [1.82, 2.24) is 14.9 Å². The molecule has 8 heteroatoms. The van der Waals surface area contributed by atoms with Crippen LogP contribution in [0.5, 0.6) is 0 Å². The van der Waals surface area contributed by atoms with Crippen LogP contribution in [0.2, 0.25) is 0 Å². The van der Waals surface area contributed by atoms with Gasteiger partial charge in [0.25, 0.3) is 0 Å². The summed E-state index contributed by atoms with van der Waals surface area (Å²) in [4.78, 5) is 14.4. The highest BCUT2D eigenvalue weighted by Gasteiger charge is 2.27. The molecule has 1 aliphatic heterocycles. The Labute approximate surface area is 154 Å². The van der Waals surface area contributed by atoms with Crippen LogP contribution in [0.4, 0.5) is 0 Å². The number of hydrogen-bond acceptors (Lipinski definition) is 5. The summed E-state index contributed by atoms with van der Waals surface area (Å²) in [7, 11) is -3.43. The monoisotopic (exact) mass is 379 g/mol. The molecule has 0 atom stereocenters. The smallest absolute Gasteiger partial charge is 0.244 e. The van der Waals surface area contributed by atoms with E-state index in [9.17, 15) is 13.2 Å². The Bertz CT molecular complexity index is 736. The van der Waals surface area contributed by atoms with Gasteiger partial charge in [-0.1, -0.05) is 12.1 Å². The molecule has 0 bridgehead atoms. The molecule has 1 aliphatic carbocycles. The van der Waals surface area contributed by atoms with E-state index in [1.165, 1.54) is 6.08 Å². The van der Waals surface area contributed by atoms with Crippen molar-refractivity contribution in [3.8, 4) is 0 Å². The lowest BCUT2D eigenvalue weighted by molar-refractivity contribution is -0.116. The quantitative estimate of drug-likeness (QED) is 0.646. The zero-order chi connectivity index (χ0) is 18.4. The van der Waals surface area contributed by atoms with Gasteiger partial charge in [-0.25, -0.2) is 13.1 Å². The molecule has 1 aromatic rings. The highest BCUT2D eigenvalue weighted by molar-refractivity contribution is 7.89. The normalized spacial score (nSPS) is 18.9. The van der Waals surface area contributed by atoms with E-state index >= 15 is 0 Å². The van der Waals surface area contributed by atoms with Gasteiger partial charge in [-0.15, -0.1) is 0 Å². The number of benzene rings is 1. The molecule has 0 aromatic heterocycles. The third-order valence-corrected chi connectivity index (χ3v) is 5.88. The van der Waals surface area contributed by atoms with Crippen molar-refractivity contribution < 1.29 is 17.9 Å². The van der Waals surface area contributed by atoms with Gasteiger partial charge in [0.2, 0.25) is 15.9 Å². The highest BCUT2D eigenvalue weighted by Crippen LogP contribution is 2.22. The van der Waals surface area contributed by atoms with E-state index in [0.717, 1.165) is 51.3 Å². The van der Waals surface area contributed by atoms with Crippen LogP contribution < -0.4 is 10.0 Å². The summed E-state index contributed by atoms with van der Waals surface area (Å²) in [5.41, 5.74) is 0.777. The molecular weight excluding hydrogens is 354 g/mol. The minimum absolute atomic E-state index is 0.0840. The van der Waals surface area contributed by atoms with E-state index in [1.54, 1.807) is 30.3 Å². The topological polar surface area (TPSA) is 87.7 Å². The van der Waals surface area contributed by atoms with E-state index in [0.29, 0.717) is 6.54 Å². The van der Waals surface area contributed by atoms with Gasteiger partial charge >= 0.3 is 0 Å². The van der Waals surface area contributed by atoms with Crippen molar-refractivity contribution in [2.24, 2.45) is 0 Å². The second-order valence-electron chi connectivity index (χ2n) is 6.54. The molecular formula is C18H25N3O4S. The maximum atomic E-state index is 12.1.